The van der Waals surface area contributed by atoms with Crippen LogP contribution in [0.1, 0.15) is 16.2 Å². The van der Waals surface area contributed by atoms with Gasteiger partial charge < -0.3 is 19.2 Å². The predicted molar refractivity (Wildman–Crippen MR) is 64.0 cm³/mol. The van der Waals surface area contributed by atoms with Crippen molar-refractivity contribution in [1.82, 2.24) is 20.4 Å². The molecule has 0 saturated carbocycles. The largest absolute Gasteiger partial charge is 0.461 e. The van der Waals surface area contributed by atoms with E-state index in [2.05, 4.69) is 20.4 Å². The zero-order chi connectivity index (χ0) is 13.1. The van der Waals surface area contributed by atoms with Crippen molar-refractivity contribution in [2.75, 3.05) is 0 Å². The molecule has 0 unspecified atom stereocenters. The topological polar surface area (TPSA) is 97.0 Å². The number of furan rings is 1. The summed E-state index contributed by atoms with van der Waals surface area (Å²) in [4.78, 5) is 18.6. The smallest absolute Gasteiger partial charge is 0.273 e. The third-order valence-corrected chi connectivity index (χ3v) is 2.50. The van der Waals surface area contributed by atoms with Gasteiger partial charge in [0.15, 0.2) is 11.5 Å². The molecule has 0 aliphatic carbocycles. The molecule has 3 rings (SSSR count). The van der Waals surface area contributed by atoms with Crippen LogP contribution in [0.5, 0.6) is 0 Å². The second-order valence-corrected chi connectivity index (χ2v) is 3.81. The zero-order valence-corrected chi connectivity index (χ0v) is 9.79. The van der Waals surface area contributed by atoms with Gasteiger partial charge in [0.25, 0.3) is 5.91 Å². The summed E-state index contributed by atoms with van der Waals surface area (Å²) in [5.74, 6) is 0.618. The second kappa shape index (κ2) is 4.81. The molecule has 0 aromatic carbocycles. The Morgan fingerprint density at radius 1 is 1.42 bits per heavy atom. The highest BCUT2D eigenvalue weighted by Crippen LogP contribution is 2.20. The third kappa shape index (κ3) is 2.39. The lowest BCUT2D eigenvalue weighted by molar-refractivity contribution is 0.0941. The molecule has 7 nitrogen and oxygen atoms in total. The lowest BCUT2D eigenvalue weighted by atomic mass is 10.3. The molecular weight excluding hydrogens is 248 g/mol. The Kier molecular flexibility index (Phi) is 2.85. The van der Waals surface area contributed by atoms with Crippen molar-refractivity contribution >= 4 is 5.91 Å². The molecule has 0 spiro atoms. The SMILES string of the molecule is O=C(NCc1cnc[nH]1)c1cc(-c2ccco2)on1. The van der Waals surface area contributed by atoms with Gasteiger partial charge in [0.05, 0.1) is 24.8 Å². The number of imidazole rings is 1. The van der Waals surface area contributed by atoms with Gasteiger partial charge in [-0.3, -0.25) is 4.79 Å². The Labute approximate surface area is 107 Å². The number of H-pyrrole nitrogens is 1. The van der Waals surface area contributed by atoms with Crippen molar-refractivity contribution in [3.05, 3.63) is 48.4 Å². The van der Waals surface area contributed by atoms with E-state index in [0.29, 0.717) is 18.1 Å². The standard InChI is InChI=1S/C12H10N4O3/c17-12(14-6-8-5-13-7-15-8)9-4-11(19-16-9)10-2-1-3-18-10/h1-5,7H,6H2,(H,13,15)(H,14,17). The average Bonchev–Trinajstić information content (AvgIpc) is 3.14. The maximum atomic E-state index is 11.8. The summed E-state index contributed by atoms with van der Waals surface area (Å²) in [6.45, 7) is 0.349. The quantitative estimate of drug-likeness (QED) is 0.740. The number of hydrogen-bond donors (Lipinski definition) is 2. The first-order chi connectivity index (χ1) is 9.33. The first-order valence-electron chi connectivity index (χ1n) is 5.59. The summed E-state index contributed by atoms with van der Waals surface area (Å²) >= 11 is 0. The van der Waals surface area contributed by atoms with Crippen LogP contribution >= 0.6 is 0 Å². The fourth-order valence-electron chi connectivity index (χ4n) is 1.56. The lowest BCUT2D eigenvalue weighted by Crippen LogP contribution is -2.23. The summed E-state index contributed by atoms with van der Waals surface area (Å²) in [5.41, 5.74) is 1.01. The Bertz CT molecular complexity index is 655. The summed E-state index contributed by atoms with van der Waals surface area (Å²) in [5, 5.41) is 6.40. The van der Waals surface area contributed by atoms with Crippen molar-refractivity contribution in [1.29, 1.82) is 0 Å². The molecule has 0 aliphatic heterocycles. The van der Waals surface area contributed by atoms with E-state index >= 15 is 0 Å². The van der Waals surface area contributed by atoms with Gasteiger partial charge in [-0.25, -0.2) is 4.98 Å². The van der Waals surface area contributed by atoms with E-state index in [4.69, 9.17) is 8.94 Å². The maximum Gasteiger partial charge on any atom is 0.273 e. The summed E-state index contributed by atoms with van der Waals surface area (Å²) in [6, 6.07) is 4.99. The summed E-state index contributed by atoms with van der Waals surface area (Å²) in [7, 11) is 0. The minimum absolute atomic E-state index is 0.200. The van der Waals surface area contributed by atoms with Crippen LogP contribution in [0.15, 0.2) is 45.9 Å². The van der Waals surface area contributed by atoms with E-state index in [1.165, 1.54) is 12.3 Å². The highest BCUT2D eigenvalue weighted by molar-refractivity contribution is 5.92. The first kappa shape index (κ1) is 11.3. The number of amides is 1. The minimum Gasteiger partial charge on any atom is -0.461 e. The third-order valence-electron chi connectivity index (χ3n) is 2.50. The highest BCUT2D eigenvalue weighted by Gasteiger charge is 2.14. The Balaban J connectivity index is 1.67. The normalized spacial score (nSPS) is 10.5. The second-order valence-electron chi connectivity index (χ2n) is 3.81. The van der Waals surface area contributed by atoms with E-state index in [-0.39, 0.29) is 11.6 Å². The number of aromatic amines is 1. The van der Waals surface area contributed by atoms with E-state index in [0.717, 1.165) is 5.69 Å². The van der Waals surface area contributed by atoms with Gasteiger partial charge in [-0.05, 0) is 12.1 Å². The Morgan fingerprint density at radius 3 is 3.11 bits per heavy atom. The van der Waals surface area contributed by atoms with Crippen LogP contribution in [-0.2, 0) is 6.54 Å². The predicted octanol–water partition coefficient (Wildman–Crippen LogP) is 1.59. The van der Waals surface area contributed by atoms with Crippen LogP contribution < -0.4 is 5.32 Å². The first-order valence-corrected chi connectivity index (χ1v) is 5.59. The maximum absolute atomic E-state index is 11.8. The summed E-state index contributed by atoms with van der Waals surface area (Å²) in [6.07, 6.45) is 4.71. The van der Waals surface area contributed by atoms with Crippen molar-refractivity contribution in [2.45, 2.75) is 6.54 Å². The zero-order valence-electron chi connectivity index (χ0n) is 9.79. The van der Waals surface area contributed by atoms with Crippen molar-refractivity contribution < 1.29 is 13.7 Å². The molecule has 3 aromatic heterocycles. The molecule has 2 N–H and O–H groups in total. The molecule has 0 aliphatic rings. The van der Waals surface area contributed by atoms with Gasteiger partial charge >= 0.3 is 0 Å². The van der Waals surface area contributed by atoms with Crippen LogP contribution in [0, 0.1) is 0 Å². The number of carbonyl (C=O) groups excluding carboxylic acids is 1. The molecule has 3 heterocycles. The minimum atomic E-state index is -0.323. The molecule has 0 atom stereocenters. The van der Waals surface area contributed by atoms with E-state index in [1.54, 1.807) is 24.7 Å². The van der Waals surface area contributed by atoms with E-state index in [9.17, 15) is 4.79 Å². The molecule has 0 bridgehead atoms. The monoisotopic (exact) mass is 258 g/mol. The average molecular weight is 258 g/mol. The van der Waals surface area contributed by atoms with Crippen LogP contribution in [0.3, 0.4) is 0 Å². The summed E-state index contributed by atoms with van der Waals surface area (Å²) < 4.78 is 10.2. The van der Waals surface area contributed by atoms with Crippen LogP contribution in [-0.4, -0.2) is 21.0 Å². The van der Waals surface area contributed by atoms with Crippen molar-refractivity contribution in [2.24, 2.45) is 0 Å². The fraction of sp³-hybridized carbons (Fsp3) is 0.0833. The van der Waals surface area contributed by atoms with Crippen LogP contribution in [0.2, 0.25) is 0 Å². The Morgan fingerprint density at radius 2 is 2.37 bits per heavy atom. The number of carbonyl (C=O) groups is 1. The van der Waals surface area contributed by atoms with Crippen molar-refractivity contribution in [3.8, 4) is 11.5 Å². The number of aromatic nitrogens is 3. The van der Waals surface area contributed by atoms with Crippen LogP contribution in [0.4, 0.5) is 0 Å². The molecule has 0 radical (unpaired) electrons. The van der Waals surface area contributed by atoms with Gasteiger partial charge in [0.2, 0.25) is 5.76 Å². The molecule has 3 aromatic rings. The van der Waals surface area contributed by atoms with Crippen molar-refractivity contribution in [3.63, 3.8) is 0 Å². The number of rotatable bonds is 4. The Hall–Kier alpha value is -2.83. The van der Waals surface area contributed by atoms with Crippen LogP contribution in [0.25, 0.3) is 11.5 Å². The lowest BCUT2D eigenvalue weighted by Gasteiger charge is -1.98. The van der Waals surface area contributed by atoms with E-state index in [1.807, 2.05) is 0 Å². The van der Waals surface area contributed by atoms with Gasteiger partial charge in [-0.2, -0.15) is 0 Å². The number of nitrogens with zero attached hydrogens (tertiary/aromatic N) is 2. The van der Waals surface area contributed by atoms with E-state index < -0.39 is 0 Å². The highest BCUT2D eigenvalue weighted by atomic mass is 16.5. The van der Waals surface area contributed by atoms with Gasteiger partial charge in [-0.15, -0.1) is 0 Å². The fourth-order valence-corrected chi connectivity index (χ4v) is 1.56. The molecule has 1 amide bonds. The number of nitrogens with one attached hydrogen (secondary N) is 2. The molecular formula is C12H10N4O3. The molecule has 0 fully saturated rings. The molecule has 0 saturated heterocycles. The number of hydrogen-bond acceptors (Lipinski definition) is 5. The molecule has 19 heavy (non-hydrogen) atoms. The van der Waals surface area contributed by atoms with Gasteiger partial charge in [-0.1, -0.05) is 5.16 Å². The molecule has 7 heteroatoms. The molecule has 96 valence electrons. The van der Waals surface area contributed by atoms with Gasteiger partial charge in [0, 0.05) is 12.3 Å². The van der Waals surface area contributed by atoms with Gasteiger partial charge in [0.1, 0.15) is 0 Å².